The topological polar surface area (TPSA) is 169 Å². The van der Waals surface area contributed by atoms with E-state index >= 15 is 0 Å². The number of carboxylic acid groups (broad SMARTS) is 1. The quantitative estimate of drug-likeness (QED) is 0.0202. The van der Waals surface area contributed by atoms with E-state index in [9.17, 15) is 34.1 Å². The number of aliphatic hydroxyl groups is 1. The van der Waals surface area contributed by atoms with Crippen LogP contribution >= 0.6 is 7.82 Å². The lowest BCUT2D eigenvalue weighted by molar-refractivity contribution is -0.147. The van der Waals surface area contributed by atoms with Gasteiger partial charge in [0.25, 0.3) is 0 Å². The summed E-state index contributed by atoms with van der Waals surface area (Å²) in [5.41, 5.74) is 0. The molecular weight excluding hydrogens is 745 g/mol. The predicted octanol–water partition coefficient (Wildman–Crippen LogP) is 11.2. The minimum absolute atomic E-state index is 0.132. The second-order valence-electron chi connectivity index (χ2n) is 14.5. The number of amides is 1. The molecule has 0 aromatic rings. The first kappa shape index (κ1) is 54.2. The largest absolute Gasteiger partial charge is 0.480 e. The molecule has 0 saturated carbocycles. The number of phosphoric acid groups is 1. The number of carboxylic acids is 1. The number of ether oxygens (including phenoxy) is 1. The summed E-state index contributed by atoms with van der Waals surface area (Å²) in [7, 11) is -4.76. The number of rotatable bonds is 40. The summed E-state index contributed by atoms with van der Waals surface area (Å²) in [5, 5.41) is 21.8. The van der Waals surface area contributed by atoms with Gasteiger partial charge in [-0.25, -0.2) is 9.36 Å². The van der Waals surface area contributed by atoms with Crippen molar-refractivity contribution < 1.29 is 47.8 Å². The minimum Gasteiger partial charge on any atom is -0.480 e. The molecule has 57 heavy (non-hydrogen) atoms. The van der Waals surface area contributed by atoms with Crippen LogP contribution in [0, 0.1) is 0 Å². The highest BCUT2D eigenvalue weighted by atomic mass is 31.2. The maximum atomic E-state index is 12.2. The van der Waals surface area contributed by atoms with Crippen molar-refractivity contribution >= 4 is 25.7 Å². The fourth-order valence-electron chi connectivity index (χ4n) is 5.59. The second-order valence-corrected chi connectivity index (χ2v) is 16.0. The van der Waals surface area contributed by atoms with Crippen LogP contribution in [0.1, 0.15) is 174 Å². The molecule has 4 N–H and O–H groups in total. The van der Waals surface area contributed by atoms with E-state index in [0.717, 1.165) is 96.3 Å². The molecule has 0 radical (unpaired) electrons. The average molecular weight is 824 g/mol. The number of phosphoric ester groups is 1. The molecule has 0 saturated heterocycles. The molecule has 0 fully saturated rings. The van der Waals surface area contributed by atoms with Gasteiger partial charge in [-0.1, -0.05) is 145 Å². The Bertz CT molecular complexity index is 1200. The number of hydrogen-bond acceptors (Lipinski definition) is 8. The minimum atomic E-state index is -4.76. The molecule has 328 valence electrons. The van der Waals surface area contributed by atoms with Gasteiger partial charge in [0.15, 0.2) is 6.04 Å². The Morgan fingerprint density at radius 2 is 1.00 bits per heavy atom. The first-order valence-electron chi connectivity index (χ1n) is 21.8. The zero-order valence-electron chi connectivity index (χ0n) is 35.4. The lowest BCUT2D eigenvalue weighted by atomic mass is 10.1. The van der Waals surface area contributed by atoms with Crippen LogP contribution < -0.4 is 5.32 Å². The first-order valence-corrected chi connectivity index (χ1v) is 23.3. The Labute approximate surface area is 345 Å². The van der Waals surface area contributed by atoms with E-state index < -0.39 is 57.6 Å². The standard InChI is InChI=1S/C45H78NO10P/c1-3-5-7-9-11-13-15-16-17-18-19-20-21-22-23-24-25-26-27-29-31-33-35-37-44(49)54-38-41(47)39-55-57(52,53)56-40-42(45(50)51)46-43(48)36-34-32-30-28-14-12-10-8-6-4-2/h8,10-11,13,16-17,19-20,22-23,41-42,47H,3-7,9,12,14-15,18,21,24-40H2,1-2H3,(H,46,48)(H,50,51)(H,52,53)/b10-8-,13-11-,17-16-,20-19-,23-22-. The molecule has 11 nitrogen and oxygen atoms in total. The zero-order chi connectivity index (χ0) is 42.1. The fraction of sp³-hybridized carbons (Fsp3) is 0.711. The van der Waals surface area contributed by atoms with Crippen molar-refractivity contribution in [3.63, 3.8) is 0 Å². The van der Waals surface area contributed by atoms with E-state index in [1.807, 2.05) is 0 Å². The van der Waals surface area contributed by atoms with Gasteiger partial charge in [0, 0.05) is 12.8 Å². The van der Waals surface area contributed by atoms with Crippen molar-refractivity contribution in [2.45, 2.75) is 187 Å². The second kappa shape index (κ2) is 40.0. The third kappa shape index (κ3) is 39.8. The third-order valence-electron chi connectivity index (χ3n) is 9.01. The van der Waals surface area contributed by atoms with Gasteiger partial charge in [-0.2, -0.15) is 0 Å². The molecule has 0 aliphatic heterocycles. The van der Waals surface area contributed by atoms with Crippen molar-refractivity contribution in [2.75, 3.05) is 19.8 Å². The maximum Gasteiger partial charge on any atom is 0.472 e. The Hall–Kier alpha value is -2.82. The molecule has 0 spiro atoms. The number of hydrogen-bond donors (Lipinski definition) is 4. The normalized spacial score (nSPS) is 14.3. The summed E-state index contributed by atoms with van der Waals surface area (Å²) >= 11 is 0. The smallest absolute Gasteiger partial charge is 0.472 e. The zero-order valence-corrected chi connectivity index (χ0v) is 36.3. The monoisotopic (exact) mass is 824 g/mol. The number of allylic oxidation sites excluding steroid dienone is 10. The van der Waals surface area contributed by atoms with Crippen LogP contribution in [-0.4, -0.2) is 64.9 Å². The molecule has 0 aliphatic carbocycles. The van der Waals surface area contributed by atoms with E-state index in [-0.39, 0.29) is 12.8 Å². The van der Waals surface area contributed by atoms with Crippen molar-refractivity contribution in [1.29, 1.82) is 0 Å². The molecule has 0 rings (SSSR count). The lowest BCUT2D eigenvalue weighted by Crippen LogP contribution is -2.43. The highest BCUT2D eigenvalue weighted by Crippen LogP contribution is 2.43. The summed E-state index contributed by atoms with van der Waals surface area (Å²) in [6, 6.07) is -1.55. The van der Waals surface area contributed by atoms with E-state index in [2.05, 4.69) is 79.9 Å². The van der Waals surface area contributed by atoms with E-state index in [1.165, 1.54) is 38.5 Å². The van der Waals surface area contributed by atoms with E-state index in [1.54, 1.807) is 0 Å². The first-order chi connectivity index (χ1) is 27.6. The third-order valence-corrected chi connectivity index (χ3v) is 9.96. The number of carbonyl (C=O) groups is 3. The van der Waals surface area contributed by atoms with Gasteiger partial charge in [-0.15, -0.1) is 0 Å². The number of aliphatic carboxylic acids is 1. The number of nitrogens with one attached hydrogen (secondary N) is 1. The summed E-state index contributed by atoms with van der Waals surface area (Å²) < 4.78 is 26.8. The van der Waals surface area contributed by atoms with Gasteiger partial charge in [0.1, 0.15) is 12.7 Å². The molecule has 0 aromatic carbocycles. The molecular formula is C45H78NO10P. The summed E-state index contributed by atoms with van der Waals surface area (Å²) in [6.45, 7) is 2.46. The van der Waals surface area contributed by atoms with Gasteiger partial charge < -0.3 is 25.2 Å². The molecule has 0 aliphatic rings. The van der Waals surface area contributed by atoms with E-state index in [4.69, 9.17) is 13.8 Å². The van der Waals surface area contributed by atoms with Crippen molar-refractivity contribution in [3.05, 3.63) is 60.8 Å². The summed E-state index contributed by atoms with van der Waals surface area (Å²) in [4.78, 5) is 45.8. The highest BCUT2D eigenvalue weighted by Gasteiger charge is 2.28. The van der Waals surface area contributed by atoms with Gasteiger partial charge in [-0.3, -0.25) is 18.6 Å². The van der Waals surface area contributed by atoms with Crippen LogP contribution in [-0.2, 0) is 32.7 Å². The van der Waals surface area contributed by atoms with Crippen LogP contribution in [0.5, 0.6) is 0 Å². The molecule has 12 heteroatoms. The average Bonchev–Trinajstić information content (AvgIpc) is 3.18. The van der Waals surface area contributed by atoms with Crippen molar-refractivity contribution in [2.24, 2.45) is 0 Å². The summed E-state index contributed by atoms with van der Waals surface area (Å²) in [5.74, 6) is -2.41. The van der Waals surface area contributed by atoms with Gasteiger partial charge in [-0.05, 0) is 77.0 Å². The predicted molar refractivity (Wildman–Crippen MR) is 231 cm³/mol. The van der Waals surface area contributed by atoms with Gasteiger partial charge >= 0.3 is 19.8 Å². The summed E-state index contributed by atoms with van der Waals surface area (Å²) in [6.07, 6.45) is 45.4. The molecule has 0 heterocycles. The molecule has 0 aromatic heterocycles. The van der Waals surface area contributed by atoms with Crippen LogP contribution in [0.2, 0.25) is 0 Å². The Kier molecular flexibility index (Phi) is 38.0. The van der Waals surface area contributed by atoms with Gasteiger partial charge in [0.2, 0.25) is 5.91 Å². The van der Waals surface area contributed by atoms with Crippen LogP contribution in [0.3, 0.4) is 0 Å². The SMILES string of the molecule is CCC/C=C\CCCCCCCC(=O)NC(COP(=O)(O)OCC(O)COC(=O)CCCCCCCCC/C=C\C/C=C\C/C=C\C/C=C\CCCCC)C(=O)O. The maximum absolute atomic E-state index is 12.2. The number of unbranched alkanes of at least 4 members (excludes halogenated alkanes) is 16. The van der Waals surface area contributed by atoms with Crippen LogP contribution in [0.25, 0.3) is 0 Å². The van der Waals surface area contributed by atoms with Crippen LogP contribution in [0.15, 0.2) is 60.8 Å². The molecule has 0 bridgehead atoms. The lowest BCUT2D eigenvalue weighted by Gasteiger charge is -2.18. The Morgan fingerprint density at radius 1 is 0.561 bits per heavy atom. The molecule has 3 atom stereocenters. The van der Waals surface area contributed by atoms with Crippen LogP contribution in [0.4, 0.5) is 0 Å². The molecule has 1 amide bonds. The van der Waals surface area contributed by atoms with Gasteiger partial charge in [0.05, 0.1) is 13.2 Å². The Balaban J connectivity index is 3.88. The highest BCUT2D eigenvalue weighted by molar-refractivity contribution is 7.47. The number of aliphatic hydroxyl groups excluding tert-OH is 1. The van der Waals surface area contributed by atoms with E-state index in [0.29, 0.717) is 12.8 Å². The number of esters is 1. The van der Waals surface area contributed by atoms with Crippen molar-refractivity contribution in [1.82, 2.24) is 5.32 Å². The van der Waals surface area contributed by atoms with Crippen molar-refractivity contribution in [3.8, 4) is 0 Å². The fourth-order valence-corrected chi connectivity index (χ4v) is 6.37. The Morgan fingerprint density at radius 3 is 1.53 bits per heavy atom. The number of carbonyl (C=O) groups excluding carboxylic acids is 2. The molecule has 3 unspecified atom stereocenters.